The summed E-state index contributed by atoms with van der Waals surface area (Å²) in [5.41, 5.74) is 6.48. The third-order valence-corrected chi connectivity index (χ3v) is 1.37. The van der Waals surface area contributed by atoms with Crippen molar-refractivity contribution in [3.05, 3.63) is 11.9 Å². The molecule has 0 heterocycles. The Morgan fingerprint density at radius 2 is 2.20 bits per heavy atom. The average Bonchev–Trinajstić information content (AvgIpc) is 1.98. The Balaban J connectivity index is 3.16. The second-order valence-corrected chi connectivity index (χ2v) is 2.38. The van der Waals surface area contributed by atoms with Gasteiger partial charge in [-0.1, -0.05) is 20.3 Å². The average molecular weight is 142 g/mol. The molecule has 2 nitrogen and oxygen atoms in total. The third kappa shape index (κ3) is 5.48. The Labute approximate surface area is 63.5 Å². The second-order valence-electron chi connectivity index (χ2n) is 2.38. The minimum atomic E-state index is 0.927. The highest BCUT2D eigenvalue weighted by Crippen LogP contribution is 1.87. The van der Waals surface area contributed by atoms with Crippen LogP contribution in [0.25, 0.3) is 0 Å². The molecular weight excluding hydrogens is 124 g/mol. The van der Waals surface area contributed by atoms with Crippen LogP contribution in [-0.2, 0) is 0 Å². The van der Waals surface area contributed by atoms with E-state index in [1.807, 2.05) is 13.1 Å². The number of hydrogen-bond acceptors (Lipinski definition) is 2. The van der Waals surface area contributed by atoms with Crippen molar-refractivity contribution in [2.24, 2.45) is 5.73 Å². The van der Waals surface area contributed by atoms with Gasteiger partial charge in [-0.05, 0) is 12.8 Å². The van der Waals surface area contributed by atoms with Gasteiger partial charge in [0.25, 0.3) is 0 Å². The van der Waals surface area contributed by atoms with Crippen molar-refractivity contribution in [3.63, 3.8) is 0 Å². The Morgan fingerprint density at radius 1 is 1.50 bits per heavy atom. The van der Waals surface area contributed by atoms with E-state index < -0.39 is 0 Å². The molecule has 0 atom stereocenters. The number of nitrogens with two attached hydrogens (primary N) is 1. The summed E-state index contributed by atoms with van der Waals surface area (Å²) in [4.78, 5) is 0. The standard InChI is InChI=1S/C8H18N2/c1-3-5-6-10-7-8(9)4-2/h7,10H,3-6,9H2,1-2H3/b8-7-. The summed E-state index contributed by atoms with van der Waals surface area (Å²) in [6, 6.07) is 0. The molecule has 0 aliphatic carbocycles. The van der Waals surface area contributed by atoms with Gasteiger partial charge in [0.1, 0.15) is 0 Å². The number of rotatable bonds is 5. The Morgan fingerprint density at radius 3 is 2.70 bits per heavy atom. The lowest BCUT2D eigenvalue weighted by molar-refractivity contribution is 0.729. The first-order valence-corrected chi connectivity index (χ1v) is 3.99. The summed E-state index contributed by atoms with van der Waals surface area (Å²) in [6.45, 7) is 5.26. The van der Waals surface area contributed by atoms with Crippen molar-refractivity contribution in [2.75, 3.05) is 6.54 Å². The van der Waals surface area contributed by atoms with Crippen molar-refractivity contribution in [3.8, 4) is 0 Å². The molecule has 0 radical (unpaired) electrons. The van der Waals surface area contributed by atoms with Gasteiger partial charge in [-0.2, -0.15) is 0 Å². The molecule has 0 rings (SSSR count). The van der Waals surface area contributed by atoms with E-state index in [4.69, 9.17) is 5.73 Å². The highest BCUT2D eigenvalue weighted by atomic mass is 14.8. The van der Waals surface area contributed by atoms with E-state index in [0.29, 0.717) is 0 Å². The molecule has 0 spiro atoms. The van der Waals surface area contributed by atoms with Crippen LogP contribution >= 0.6 is 0 Å². The van der Waals surface area contributed by atoms with E-state index in [9.17, 15) is 0 Å². The molecule has 60 valence electrons. The van der Waals surface area contributed by atoms with Crippen molar-refractivity contribution in [1.82, 2.24) is 5.32 Å². The largest absolute Gasteiger partial charge is 0.401 e. The first-order valence-electron chi connectivity index (χ1n) is 3.99. The fourth-order valence-electron chi connectivity index (χ4n) is 0.584. The Bertz CT molecular complexity index is 97.4. The van der Waals surface area contributed by atoms with Gasteiger partial charge in [0.2, 0.25) is 0 Å². The van der Waals surface area contributed by atoms with E-state index in [0.717, 1.165) is 18.7 Å². The fourth-order valence-corrected chi connectivity index (χ4v) is 0.584. The Hall–Kier alpha value is -0.660. The highest BCUT2D eigenvalue weighted by molar-refractivity contribution is 4.92. The molecule has 3 N–H and O–H groups in total. The Kier molecular flexibility index (Phi) is 6.03. The molecular formula is C8H18N2. The van der Waals surface area contributed by atoms with Gasteiger partial charge in [0.15, 0.2) is 0 Å². The van der Waals surface area contributed by atoms with Gasteiger partial charge >= 0.3 is 0 Å². The molecule has 2 heteroatoms. The van der Waals surface area contributed by atoms with E-state index in [1.54, 1.807) is 0 Å². The number of unbranched alkanes of at least 4 members (excludes halogenated alkanes) is 1. The van der Waals surface area contributed by atoms with Crippen LogP contribution in [0.3, 0.4) is 0 Å². The van der Waals surface area contributed by atoms with Gasteiger partial charge in [-0.25, -0.2) is 0 Å². The third-order valence-electron chi connectivity index (χ3n) is 1.37. The van der Waals surface area contributed by atoms with Crippen molar-refractivity contribution < 1.29 is 0 Å². The molecule has 0 aromatic heterocycles. The molecule has 0 amide bonds. The van der Waals surface area contributed by atoms with Gasteiger partial charge in [-0.15, -0.1) is 0 Å². The molecule has 0 bridgehead atoms. The smallest absolute Gasteiger partial charge is 0.0237 e. The van der Waals surface area contributed by atoms with Crippen molar-refractivity contribution in [2.45, 2.75) is 33.1 Å². The maximum absolute atomic E-state index is 5.55. The van der Waals surface area contributed by atoms with Crippen LogP contribution < -0.4 is 11.1 Å². The zero-order chi connectivity index (χ0) is 7.82. The zero-order valence-electron chi connectivity index (χ0n) is 6.98. The van der Waals surface area contributed by atoms with Crippen LogP contribution in [0.2, 0.25) is 0 Å². The summed E-state index contributed by atoms with van der Waals surface area (Å²) in [6.07, 6.45) is 5.27. The molecule has 0 aliphatic rings. The molecule has 0 saturated heterocycles. The minimum Gasteiger partial charge on any atom is -0.401 e. The van der Waals surface area contributed by atoms with Crippen LogP contribution in [0.1, 0.15) is 33.1 Å². The van der Waals surface area contributed by atoms with Crippen LogP contribution in [0.5, 0.6) is 0 Å². The maximum atomic E-state index is 5.55. The lowest BCUT2D eigenvalue weighted by atomic mass is 10.3. The predicted octanol–water partition coefficient (Wildman–Crippen LogP) is 1.59. The molecule has 0 aromatic rings. The van der Waals surface area contributed by atoms with Crippen LogP contribution in [-0.4, -0.2) is 6.54 Å². The van der Waals surface area contributed by atoms with E-state index >= 15 is 0 Å². The first-order chi connectivity index (χ1) is 4.81. The molecule has 0 saturated carbocycles. The monoisotopic (exact) mass is 142 g/mol. The summed E-state index contributed by atoms with van der Waals surface area (Å²) >= 11 is 0. The minimum absolute atomic E-state index is 0.927. The van der Waals surface area contributed by atoms with E-state index in [1.165, 1.54) is 12.8 Å². The van der Waals surface area contributed by atoms with Gasteiger partial charge in [0, 0.05) is 18.4 Å². The summed E-state index contributed by atoms with van der Waals surface area (Å²) in [5.74, 6) is 0. The highest BCUT2D eigenvalue weighted by Gasteiger charge is 1.82. The number of hydrogen-bond donors (Lipinski definition) is 2. The predicted molar refractivity (Wildman–Crippen MR) is 45.5 cm³/mol. The van der Waals surface area contributed by atoms with Gasteiger partial charge in [0.05, 0.1) is 0 Å². The van der Waals surface area contributed by atoms with E-state index in [-0.39, 0.29) is 0 Å². The summed E-state index contributed by atoms with van der Waals surface area (Å²) in [5, 5.41) is 3.15. The van der Waals surface area contributed by atoms with Crippen LogP contribution in [0, 0.1) is 0 Å². The fraction of sp³-hybridized carbons (Fsp3) is 0.750. The molecule has 0 aromatic carbocycles. The molecule has 0 fully saturated rings. The second kappa shape index (κ2) is 6.46. The van der Waals surface area contributed by atoms with Crippen molar-refractivity contribution >= 4 is 0 Å². The van der Waals surface area contributed by atoms with Crippen molar-refractivity contribution in [1.29, 1.82) is 0 Å². The molecule has 0 aliphatic heterocycles. The summed E-state index contributed by atoms with van der Waals surface area (Å²) in [7, 11) is 0. The molecule has 10 heavy (non-hydrogen) atoms. The number of nitrogens with one attached hydrogen (secondary N) is 1. The lowest BCUT2D eigenvalue weighted by Gasteiger charge is -1.99. The quantitative estimate of drug-likeness (QED) is 0.572. The topological polar surface area (TPSA) is 38.0 Å². The van der Waals surface area contributed by atoms with Gasteiger partial charge in [-0.3, -0.25) is 0 Å². The van der Waals surface area contributed by atoms with E-state index in [2.05, 4.69) is 12.2 Å². The first kappa shape index (κ1) is 9.34. The SMILES string of the molecule is CCCCN/C=C(\N)CC. The van der Waals surface area contributed by atoms with Gasteiger partial charge < -0.3 is 11.1 Å². The number of allylic oxidation sites excluding steroid dienone is 1. The van der Waals surface area contributed by atoms with Crippen LogP contribution in [0.4, 0.5) is 0 Å². The maximum Gasteiger partial charge on any atom is 0.0237 e. The normalized spacial score (nSPS) is 11.6. The van der Waals surface area contributed by atoms with Crippen LogP contribution in [0.15, 0.2) is 11.9 Å². The zero-order valence-corrected chi connectivity index (χ0v) is 6.98. The summed E-state index contributed by atoms with van der Waals surface area (Å²) < 4.78 is 0. The lowest BCUT2D eigenvalue weighted by Crippen LogP contribution is -2.10. The molecule has 0 unspecified atom stereocenters.